The second-order valence-corrected chi connectivity index (χ2v) is 8.01. The molecular weight excluding hydrogens is 403 g/mol. The number of benzene rings is 1. The van der Waals surface area contributed by atoms with E-state index in [1.165, 1.54) is 6.07 Å². The van der Waals surface area contributed by atoms with Gasteiger partial charge < -0.3 is 9.84 Å². The van der Waals surface area contributed by atoms with Gasteiger partial charge in [0.25, 0.3) is 0 Å². The maximum Gasteiger partial charge on any atom is 0.573 e. The van der Waals surface area contributed by atoms with Crippen LogP contribution in [0.2, 0.25) is 0 Å². The Kier molecular flexibility index (Phi) is 5.59. The van der Waals surface area contributed by atoms with E-state index in [0.29, 0.717) is 12.8 Å². The summed E-state index contributed by atoms with van der Waals surface area (Å²) in [5.74, 6) is -1.00. The molecule has 0 radical (unpaired) electrons. The highest BCUT2D eigenvalue weighted by Crippen LogP contribution is 2.35. The average molecular weight is 418 g/mol. The molecule has 0 aromatic heterocycles. The summed E-state index contributed by atoms with van der Waals surface area (Å²) in [7, 11) is -4.15. The average Bonchev–Trinajstić information content (AvgIpc) is 2.45. The van der Waals surface area contributed by atoms with Crippen molar-refractivity contribution in [1.29, 1.82) is 0 Å². The smallest absolute Gasteiger partial charge is 0.404 e. The molecule has 1 aliphatic heterocycles. The molecule has 5 nitrogen and oxygen atoms in total. The number of alkyl halides is 3. The fraction of sp³-hybridized carbons (Fsp3) is 0.538. The SMILES string of the molecule is O=S(=O)(c1ccc(Br)cc1OC(F)(F)F)N1CCCC(CO)C1. The molecule has 0 bridgehead atoms. The van der Waals surface area contributed by atoms with Gasteiger partial charge in [-0.1, -0.05) is 15.9 Å². The Morgan fingerprint density at radius 1 is 1.39 bits per heavy atom. The van der Waals surface area contributed by atoms with E-state index in [2.05, 4.69) is 20.7 Å². The van der Waals surface area contributed by atoms with Gasteiger partial charge in [0.05, 0.1) is 0 Å². The summed E-state index contributed by atoms with van der Waals surface area (Å²) in [6.07, 6.45) is -3.79. The Morgan fingerprint density at radius 2 is 2.09 bits per heavy atom. The molecule has 0 saturated carbocycles. The summed E-state index contributed by atoms with van der Waals surface area (Å²) in [4.78, 5) is -0.545. The molecule has 1 saturated heterocycles. The summed E-state index contributed by atoms with van der Waals surface area (Å²) < 4.78 is 68.1. The number of hydrogen-bond acceptors (Lipinski definition) is 4. The molecule has 1 aromatic rings. The molecule has 1 aromatic carbocycles. The maximum absolute atomic E-state index is 12.6. The van der Waals surface area contributed by atoms with Crippen LogP contribution in [0.25, 0.3) is 0 Å². The van der Waals surface area contributed by atoms with Gasteiger partial charge in [0.15, 0.2) is 5.75 Å². The number of rotatable bonds is 4. The van der Waals surface area contributed by atoms with Gasteiger partial charge in [-0.05, 0) is 37.0 Å². The lowest BCUT2D eigenvalue weighted by Crippen LogP contribution is -2.41. The van der Waals surface area contributed by atoms with Crippen LogP contribution in [0.15, 0.2) is 27.6 Å². The Hall–Kier alpha value is -0.840. The first-order chi connectivity index (χ1) is 10.6. The van der Waals surface area contributed by atoms with E-state index < -0.39 is 27.0 Å². The van der Waals surface area contributed by atoms with E-state index in [9.17, 15) is 26.7 Å². The minimum absolute atomic E-state index is 0.0698. The van der Waals surface area contributed by atoms with E-state index in [-0.39, 0.29) is 30.1 Å². The van der Waals surface area contributed by atoms with Gasteiger partial charge in [-0.3, -0.25) is 0 Å². The topological polar surface area (TPSA) is 66.8 Å². The molecule has 1 unspecified atom stereocenters. The summed E-state index contributed by atoms with van der Waals surface area (Å²) in [6, 6.07) is 3.38. The van der Waals surface area contributed by atoms with Crippen LogP contribution in [0.5, 0.6) is 5.75 Å². The molecule has 130 valence electrons. The molecule has 0 aliphatic carbocycles. The zero-order valence-electron chi connectivity index (χ0n) is 11.9. The van der Waals surface area contributed by atoms with Gasteiger partial charge >= 0.3 is 6.36 Å². The van der Waals surface area contributed by atoms with Gasteiger partial charge in [-0.15, -0.1) is 13.2 Å². The predicted octanol–water partition coefficient (Wildman–Crippen LogP) is 2.74. The van der Waals surface area contributed by atoms with Crippen LogP contribution < -0.4 is 4.74 Å². The Labute approximate surface area is 140 Å². The summed E-state index contributed by atoms with van der Waals surface area (Å²) in [6.45, 7) is 0.0962. The van der Waals surface area contributed by atoms with Gasteiger partial charge in [0.1, 0.15) is 4.90 Å². The summed E-state index contributed by atoms with van der Waals surface area (Å²) >= 11 is 3.00. The highest BCUT2D eigenvalue weighted by molar-refractivity contribution is 9.10. The number of piperidine rings is 1. The number of nitrogens with zero attached hydrogens (tertiary/aromatic N) is 1. The molecule has 2 rings (SSSR count). The van der Waals surface area contributed by atoms with Crippen LogP contribution in [0, 0.1) is 5.92 Å². The zero-order valence-corrected chi connectivity index (χ0v) is 14.3. The van der Waals surface area contributed by atoms with E-state index in [1.807, 2.05) is 0 Å². The second kappa shape index (κ2) is 6.96. The molecule has 10 heteroatoms. The Balaban J connectivity index is 2.39. The van der Waals surface area contributed by atoms with Crippen LogP contribution in [-0.4, -0.2) is 43.9 Å². The fourth-order valence-electron chi connectivity index (χ4n) is 2.43. The standard InChI is InChI=1S/C13H15BrF3NO4S/c14-10-3-4-12(11(6-10)22-13(15,16)17)23(20,21)18-5-1-2-9(7-18)8-19/h3-4,6,9,19H,1-2,5,7-8H2. The molecule has 1 N–H and O–H groups in total. The van der Waals surface area contributed by atoms with E-state index in [1.54, 1.807) is 0 Å². The Morgan fingerprint density at radius 3 is 2.70 bits per heavy atom. The molecule has 1 atom stereocenters. The number of hydrogen-bond donors (Lipinski definition) is 1. The quantitative estimate of drug-likeness (QED) is 0.817. The second-order valence-electron chi connectivity index (χ2n) is 5.19. The van der Waals surface area contributed by atoms with Crippen molar-refractivity contribution in [2.75, 3.05) is 19.7 Å². The largest absolute Gasteiger partial charge is 0.573 e. The third-order valence-corrected chi connectivity index (χ3v) is 5.89. The normalized spacial score (nSPS) is 20.5. The lowest BCUT2D eigenvalue weighted by Gasteiger charge is -2.31. The van der Waals surface area contributed by atoms with Crippen molar-refractivity contribution in [1.82, 2.24) is 4.31 Å². The van der Waals surface area contributed by atoms with E-state index in [0.717, 1.165) is 16.4 Å². The van der Waals surface area contributed by atoms with Crippen molar-refractivity contribution in [3.8, 4) is 5.75 Å². The number of ether oxygens (including phenoxy) is 1. The van der Waals surface area contributed by atoms with Gasteiger partial charge in [0, 0.05) is 24.2 Å². The lowest BCUT2D eigenvalue weighted by atomic mass is 10.0. The van der Waals surface area contributed by atoms with Crippen LogP contribution in [-0.2, 0) is 10.0 Å². The van der Waals surface area contributed by atoms with Crippen molar-refractivity contribution in [2.24, 2.45) is 5.92 Å². The maximum atomic E-state index is 12.6. The van der Waals surface area contributed by atoms with Crippen LogP contribution in [0.4, 0.5) is 13.2 Å². The first kappa shape index (κ1) is 18.5. The molecule has 1 heterocycles. The van der Waals surface area contributed by atoms with Crippen molar-refractivity contribution in [3.05, 3.63) is 22.7 Å². The highest BCUT2D eigenvalue weighted by atomic mass is 79.9. The van der Waals surface area contributed by atoms with Crippen LogP contribution >= 0.6 is 15.9 Å². The molecule has 23 heavy (non-hydrogen) atoms. The van der Waals surface area contributed by atoms with Crippen molar-refractivity contribution in [3.63, 3.8) is 0 Å². The van der Waals surface area contributed by atoms with Gasteiger partial charge in [-0.25, -0.2) is 8.42 Å². The lowest BCUT2D eigenvalue weighted by molar-refractivity contribution is -0.275. The molecule has 0 amide bonds. The van der Waals surface area contributed by atoms with Crippen molar-refractivity contribution < 1.29 is 31.4 Å². The molecule has 1 fully saturated rings. The minimum atomic E-state index is -5.00. The van der Waals surface area contributed by atoms with E-state index >= 15 is 0 Å². The number of aliphatic hydroxyl groups excluding tert-OH is 1. The fourth-order valence-corrected chi connectivity index (χ4v) is 4.42. The Bertz CT molecular complexity index is 666. The number of sulfonamides is 1. The van der Waals surface area contributed by atoms with Crippen LogP contribution in [0.1, 0.15) is 12.8 Å². The number of halogens is 4. The highest BCUT2D eigenvalue weighted by Gasteiger charge is 2.37. The summed E-state index contributed by atoms with van der Waals surface area (Å²) in [5.41, 5.74) is 0. The monoisotopic (exact) mass is 417 g/mol. The summed E-state index contributed by atoms with van der Waals surface area (Å²) in [5, 5.41) is 9.19. The zero-order chi connectivity index (χ0) is 17.3. The number of aliphatic hydroxyl groups is 1. The van der Waals surface area contributed by atoms with Crippen molar-refractivity contribution in [2.45, 2.75) is 24.1 Å². The minimum Gasteiger partial charge on any atom is -0.404 e. The third kappa shape index (κ3) is 4.59. The third-order valence-electron chi connectivity index (χ3n) is 3.49. The van der Waals surface area contributed by atoms with Crippen molar-refractivity contribution >= 4 is 26.0 Å². The van der Waals surface area contributed by atoms with Crippen LogP contribution in [0.3, 0.4) is 0 Å². The first-order valence-electron chi connectivity index (χ1n) is 6.80. The first-order valence-corrected chi connectivity index (χ1v) is 9.03. The van der Waals surface area contributed by atoms with Gasteiger partial charge in [0.2, 0.25) is 10.0 Å². The van der Waals surface area contributed by atoms with Gasteiger partial charge in [-0.2, -0.15) is 4.31 Å². The predicted molar refractivity (Wildman–Crippen MR) is 79.4 cm³/mol. The molecular formula is C13H15BrF3NO4S. The molecule has 1 aliphatic rings. The van der Waals surface area contributed by atoms with E-state index in [4.69, 9.17) is 0 Å². The molecule has 0 spiro atoms.